The van der Waals surface area contributed by atoms with Crippen molar-refractivity contribution in [2.24, 2.45) is 11.8 Å². The van der Waals surface area contributed by atoms with Crippen molar-refractivity contribution in [3.63, 3.8) is 0 Å². The molecule has 1 aliphatic heterocycles. The Balaban J connectivity index is 1.79. The maximum absolute atomic E-state index is 13.1. The van der Waals surface area contributed by atoms with Gasteiger partial charge in [-0.25, -0.2) is 8.42 Å². The zero-order valence-electron chi connectivity index (χ0n) is 17.0. The summed E-state index contributed by atoms with van der Waals surface area (Å²) in [5, 5.41) is 0.641. The van der Waals surface area contributed by atoms with Crippen molar-refractivity contribution in [3.05, 3.63) is 64.7 Å². The van der Waals surface area contributed by atoms with Gasteiger partial charge < -0.3 is 4.90 Å². The summed E-state index contributed by atoms with van der Waals surface area (Å²) in [6.07, 6.45) is 1.03. The number of rotatable bonds is 5. The van der Waals surface area contributed by atoms with E-state index >= 15 is 0 Å². The zero-order chi connectivity index (χ0) is 21.2. The molecule has 156 valence electrons. The van der Waals surface area contributed by atoms with Crippen molar-refractivity contribution >= 4 is 27.5 Å². The Kier molecular flexibility index (Phi) is 6.66. The fourth-order valence-electron chi connectivity index (χ4n) is 3.90. The van der Waals surface area contributed by atoms with Crippen molar-refractivity contribution in [2.45, 2.75) is 31.7 Å². The van der Waals surface area contributed by atoms with Crippen LogP contribution in [0.15, 0.2) is 53.4 Å². The van der Waals surface area contributed by atoms with E-state index in [9.17, 15) is 13.2 Å². The lowest BCUT2D eigenvalue weighted by Gasteiger charge is -2.34. The van der Waals surface area contributed by atoms with Gasteiger partial charge in [-0.3, -0.25) is 4.79 Å². The molecule has 0 aromatic heterocycles. The van der Waals surface area contributed by atoms with Gasteiger partial charge >= 0.3 is 0 Å². The fourth-order valence-corrected chi connectivity index (χ4v) is 5.75. The molecule has 0 radical (unpaired) electrons. The summed E-state index contributed by atoms with van der Waals surface area (Å²) in [7, 11) is -1.92. The normalized spacial score (nSPS) is 20.4. The van der Waals surface area contributed by atoms with Crippen LogP contribution in [0.25, 0.3) is 0 Å². The SMILES string of the molecule is C[C@H]1C[C@H](C)CN(S(=O)(=O)c2cccc(C(=O)N(C)Cc3ccc(Cl)cc3)c2)C1. The van der Waals surface area contributed by atoms with Crippen LogP contribution in [0.5, 0.6) is 0 Å². The topological polar surface area (TPSA) is 57.7 Å². The number of hydrogen-bond donors (Lipinski definition) is 0. The Morgan fingerprint density at radius 2 is 1.72 bits per heavy atom. The standard InChI is InChI=1S/C22H27ClN2O3S/c1-16-11-17(2)14-25(13-16)29(27,28)21-6-4-5-19(12-21)22(26)24(3)15-18-7-9-20(23)10-8-18/h4-10,12,16-17H,11,13-15H2,1-3H3/t16-,17-/m0/s1. The van der Waals surface area contributed by atoms with E-state index in [-0.39, 0.29) is 10.8 Å². The van der Waals surface area contributed by atoms with Gasteiger partial charge in [0.25, 0.3) is 5.91 Å². The molecule has 0 aliphatic carbocycles. The maximum atomic E-state index is 13.1. The average Bonchev–Trinajstić information content (AvgIpc) is 2.68. The minimum Gasteiger partial charge on any atom is -0.337 e. The van der Waals surface area contributed by atoms with Crippen molar-refractivity contribution in [1.82, 2.24) is 9.21 Å². The van der Waals surface area contributed by atoms with Gasteiger partial charge in [0.15, 0.2) is 0 Å². The highest BCUT2D eigenvalue weighted by Crippen LogP contribution is 2.27. The summed E-state index contributed by atoms with van der Waals surface area (Å²) in [5.41, 5.74) is 1.31. The summed E-state index contributed by atoms with van der Waals surface area (Å²) < 4.78 is 27.8. The first-order valence-electron chi connectivity index (χ1n) is 9.77. The third-order valence-electron chi connectivity index (χ3n) is 5.23. The maximum Gasteiger partial charge on any atom is 0.253 e. The van der Waals surface area contributed by atoms with Crippen LogP contribution in [0, 0.1) is 11.8 Å². The first-order valence-corrected chi connectivity index (χ1v) is 11.6. The zero-order valence-corrected chi connectivity index (χ0v) is 18.6. The second-order valence-electron chi connectivity index (χ2n) is 8.08. The summed E-state index contributed by atoms with van der Waals surface area (Å²) >= 11 is 5.91. The third-order valence-corrected chi connectivity index (χ3v) is 7.31. The molecule has 7 heteroatoms. The average molecular weight is 435 g/mol. The lowest BCUT2D eigenvalue weighted by Crippen LogP contribution is -2.42. The predicted molar refractivity (Wildman–Crippen MR) is 115 cm³/mol. The van der Waals surface area contributed by atoms with E-state index in [1.807, 2.05) is 12.1 Å². The number of benzene rings is 2. The molecular weight excluding hydrogens is 408 g/mol. The molecule has 5 nitrogen and oxygen atoms in total. The van der Waals surface area contributed by atoms with Crippen LogP contribution >= 0.6 is 11.6 Å². The van der Waals surface area contributed by atoms with Crippen LogP contribution in [-0.2, 0) is 16.6 Å². The molecule has 0 unspecified atom stereocenters. The van der Waals surface area contributed by atoms with Crippen molar-refractivity contribution < 1.29 is 13.2 Å². The molecule has 2 aromatic carbocycles. The first kappa shape index (κ1) is 21.8. The molecule has 0 spiro atoms. The van der Waals surface area contributed by atoms with Crippen LogP contribution in [0.3, 0.4) is 0 Å². The monoisotopic (exact) mass is 434 g/mol. The highest BCUT2D eigenvalue weighted by molar-refractivity contribution is 7.89. The number of sulfonamides is 1. The molecule has 0 bridgehead atoms. The van der Waals surface area contributed by atoms with E-state index in [4.69, 9.17) is 11.6 Å². The van der Waals surface area contributed by atoms with E-state index in [1.165, 1.54) is 6.07 Å². The van der Waals surface area contributed by atoms with E-state index in [0.717, 1.165) is 12.0 Å². The second kappa shape index (κ2) is 8.86. The molecule has 1 aliphatic rings. The predicted octanol–water partition coefficient (Wildman–Crippen LogP) is 4.28. The summed E-state index contributed by atoms with van der Waals surface area (Å²) in [5.74, 6) is 0.421. The fraction of sp³-hybridized carbons (Fsp3) is 0.409. The number of halogens is 1. The Hall–Kier alpha value is -1.89. The Labute approximate surface area is 178 Å². The molecule has 1 amide bonds. The minimum absolute atomic E-state index is 0.171. The molecule has 1 saturated heterocycles. The molecule has 0 N–H and O–H groups in total. The van der Waals surface area contributed by atoms with Crippen LogP contribution in [0.2, 0.25) is 5.02 Å². The summed E-state index contributed by atoms with van der Waals surface area (Å²) in [6.45, 7) is 5.59. The van der Waals surface area contributed by atoms with Crippen molar-refractivity contribution in [3.8, 4) is 0 Å². The number of carbonyl (C=O) groups excluding carboxylic acids is 1. The molecule has 1 heterocycles. The number of hydrogen-bond acceptors (Lipinski definition) is 3. The molecule has 3 rings (SSSR count). The van der Waals surface area contributed by atoms with Gasteiger partial charge in [0.05, 0.1) is 4.90 Å². The van der Waals surface area contributed by atoms with Crippen LogP contribution in [0.1, 0.15) is 36.2 Å². The van der Waals surface area contributed by atoms with Gasteiger partial charge in [-0.1, -0.05) is 43.6 Å². The van der Waals surface area contributed by atoms with Gasteiger partial charge in [-0.2, -0.15) is 4.31 Å². The van der Waals surface area contributed by atoms with Crippen LogP contribution < -0.4 is 0 Å². The molecular formula is C22H27ClN2O3S. The quantitative estimate of drug-likeness (QED) is 0.705. The highest BCUT2D eigenvalue weighted by atomic mass is 35.5. The second-order valence-corrected chi connectivity index (χ2v) is 10.5. The van der Waals surface area contributed by atoms with Gasteiger partial charge in [0.2, 0.25) is 10.0 Å². The summed E-state index contributed by atoms with van der Waals surface area (Å²) in [4.78, 5) is 14.6. The van der Waals surface area contributed by atoms with E-state index in [1.54, 1.807) is 46.6 Å². The lowest BCUT2D eigenvalue weighted by atomic mass is 9.94. The molecule has 0 saturated carbocycles. The van der Waals surface area contributed by atoms with E-state index in [0.29, 0.717) is 42.1 Å². The summed E-state index contributed by atoms with van der Waals surface area (Å²) in [6, 6.07) is 13.6. The third kappa shape index (κ3) is 5.18. The van der Waals surface area contributed by atoms with Gasteiger partial charge in [-0.05, 0) is 54.2 Å². The van der Waals surface area contributed by atoms with Gasteiger partial charge in [-0.15, -0.1) is 0 Å². The van der Waals surface area contributed by atoms with Crippen molar-refractivity contribution in [1.29, 1.82) is 0 Å². The minimum atomic E-state index is -3.63. The Morgan fingerprint density at radius 1 is 1.10 bits per heavy atom. The number of carbonyl (C=O) groups is 1. The number of nitrogens with zero attached hydrogens (tertiary/aromatic N) is 2. The number of amides is 1. The largest absolute Gasteiger partial charge is 0.337 e. The Bertz CT molecular complexity index is 966. The molecule has 1 fully saturated rings. The smallest absolute Gasteiger partial charge is 0.253 e. The van der Waals surface area contributed by atoms with Crippen LogP contribution in [0.4, 0.5) is 0 Å². The van der Waals surface area contributed by atoms with Crippen LogP contribution in [-0.4, -0.2) is 43.7 Å². The van der Waals surface area contributed by atoms with Gasteiger partial charge in [0.1, 0.15) is 0 Å². The first-order chi connectivity index (χ1) is 13.7. The lowest BCUT2D eigenvalue weighted by molar-refractivity contribution is 0.0785. The van der Waals surface area contributed by atoms with Crippen molar-refractivity contribution in [2.75, 3.05) is 20.1 Å². The molecule has 2 aromatic rings. The molecule has 29 heavy (non-hydrogen) atoms. The van der Waals surface area contributed by atoms with E-state index in [2.05, 4.69) is 13.8 Å². The van der Waals surface area contributed by atoms with Gasteiger partial charge in [0, 0.05) is 37.3 Å². The molecule has 2 atom stereocenters. The number of piperidine rings is 1. The highest BCUT2D eigenvalue weighted by Gasteiger charge is 2.32. The Morgan fingerprint density at radius 3 is 2.34 bits per heavy atom. The van der Waals surface area contributed by atoms with E-state index < -0.39 is 10.0 Å².